The molecule has 0 unspecified atom stereocenters. The van der Waals surface area contributed by atoms with Gasteiger partial charge in [0.05, 0.1) is 11.7 Å². The normalized spacial score (nSPS) is 18.8. The summed E-state index contributed by atoms with van der Waals surface area (Å²) in [4.78, 5) is 0. The first-order valence-corrected chi connectivity index (χ1v) is 7.87. The van der Waals surface area contributed by atoms with Gasteiger partial charge in [-0.1, -0.05) is 0 Å². The topological polar surface area (TPSA) is 34.8 Å². The molecule has 0 spiro atoms. The van der Waals surface area contributed by atoms with Crippen molar-refractivity contribution in [3.8, 4) is 0 Å². The summed E-state index contributed by atoms with van der Waals surface area (Å²) in [5, 5.41) is 8.36. The zero-order valence-corrected chi connectivity index (χ0v) is 13.6. The van der Waals surface area contributed by atoms with Crippen LogP contribution in [0.1, 0.15) is 56.6 Å². The molecule has 114 valence electrons. The lowest BCUT2D eigenvalue weighted by Crippen LogP contribution is -2.29. The molecule has 2 heterocycles. The van der Waals surface area contributed by atoms with Crippen LogP contribution >= 0.6 is 0 Å². The average Bonchev–Trinajstić information content (AvgIpc) is 3.02. The molecule has 0 aromatic carbocycles. The van der Waals surface area contributed by atoms with Crippen LogP contribution in [0.25, 0.3) is 0 Å². The molecular formula is C17H26N4. The Morgan fingerprint density at radius 1 is 1.38 bits per heavy atom. The Bertz CT molecular complexity index is 615. The largest absolute Gasteiger partial charge is 0.353 e. The van der Waals surface area contributed by atoms with Crippen LogP contribution in [0, 0.1) is 0 Å². The minimum atomic E-state index is 0.0631. The zero-order chi connectivity index (χ0) is 15.0. The van der Waals surface area contributed by atoms with E-state index < -0.39 is 0 Å². The number of rotatable bonds is 3. The van der Waals surface area contributed by atoms with E-state index in [0.717, 1.165) is 13.0 Å². The summed E-state index contributed by atoms with van der Waals surface area (Å²) in [6.45, 7) is 7.58. The Morgan fingerprint density at radius 2 is 2.19 bits per heavy atom. The molecule has 0 aliphatic heterocycles. The molecule has 0 saturated heterocycles. The second-order valence-corrected chi connectivity index (χ2v) is 7.07. The third-order valence-electron chi connectivity index (χ3n) is 4.40. The quantitative estimate of drug-likeness (QED) is 0.940. The molecule has 3 rings (SSSR count). The molecule has 0 radical (unpaired) electrons. The van der Waals surface area contributed by atoms with Gasteiger partial charge in [-0.25, -0.2) is 0 Å². The van der Waals surface area contributed by atoms with E-state index in [1.54, 1.807) is 0 Å². The second kappa shape index (κ2) is 5.34. The van der Waals surface area contributed by atoms with Crippen LogP contribution in [0.5, 0.6) is 0 Å². The summed E-state index contributed by atoms with van der Waals surface area (Å²) in [5.74, 6) is 0. The van der Waals surface area contributed by atoms with E-state index in [1.807, 2.05) is 0 Å². The lowest BCUT2D eigenvalue weighted by atomic mass is 9.92. The Balaban J connectivity index is 1.78. The van der Waals surface area contributed by atoms with Crippen molar-refractivity contribution in [3.63, 3.8) is 0 Å². The Labute approximate surface area is 127 Å². The Morgan fingerprint density at radius 3 is 2.86 bits per heavy atom. The van der Waals surface area contributed by atoms with Gasteiger partial charge >= 0.3 is 0 Å². The Hall–Kier alpha value is -1.55. The van der Waals surface area contributed by atoms with E-state index in [2.05, 4.69) is 72.0 Å². The smallest absolute Gasteiger partial charge is 0.0546 e. The molecule has 0 bridgehead atoms. The van der Waals surface area contributed by atoms with Crippen LogP contribution < -0.4 is 5.32 Å². The minimum absolute atomic E-state index is 0.0631. The predicted molar refractivity (Wildman–Crippen MR) is 85.2 cm³/mol. The maximum absolute atomic E-state index is 4.65. The summed E-state index contributed by atoms with van der Waals surface area (Å²) in [6, 6.07) is 4.70. The van der Waals surface area contributed by atoms with Crippen molar-refractivity contribution >= 4 is 0 Å². The van der Waals surface area contributed by atoms with Crippen LogP contribution in [0.4, 0.5) is 0 Å². The second-order valence-electron chi connectivity index (χ2n) is 7.07. The minimum Gasteiger partial charge on any atom is -0.353 e. The highest BCUT2D eigenvalue weighted by Gasteiger charge is 2.27. The zero-order valence-electron chi connectivity index (χ0n) is 13.6. The van der Waals surface area contributed by atoms with Gasteiger partial charge in [-0.15, -0.1) is 0 Å². The maximum atomic E-state index is 4.65. The van der Waals surface area contributed by atoms with Crippen LogP contribution in [-0.2, 0) is 25.6 Å². The first-order valence-electron chi connectivity index (χ1n) is 7.87. The maximum Gasteiger partial charge on any atom is 0.0546 e. The van der Waals surface area contributed by atoms with Gasteiger partial charge in [0.15, 0.2) is 0 Å². The third-order valence-corrected chi connectivity index (χ3v) is 4.40. The summed E-state index contributed by atoms with van der Waals surface area (Å²) in [7, 11) is 2.10. The number of hydrogen-bond donors (Lipinski definition) is 1. The van der Waals surface area contributed by atoms with Gasteiger partial charge in [-0.3, -0.25) is 4.68 Å². The fourth-order valence-electron chi connectivity index (χ4n) is 3.25. The number of hydrogen-bond acceptors (Lipinski definition) is 2. The molecule has 4 heteroatoms. The van der Waals surface area contributed by atoms with Crippen molar-refractivity contribution in [1.29, 1.82) is 0 Å². The van der Waals surface area contributed by atoms with Gasteiger partial charge in [0.25, 0.3) is 0 Å². The molecule has 21 heavy (non-hydrogen) atoms. The van der Waals surface area contributed by atoms with Crippen LogP contribution in [0.2, 0.25) is 0 Å². The molecule has 2 aromatic heterocycles. The number of fused-ring (bicyclic) bond motifs is 1. The summed E-state index contributed by atoms with van der Waals surface area (Å²) >= 11 is 0. The molecule has 2 aromatic rings. The van der Waals surface area contributed by atoms with Gasteiger partial charge in [-0.2, -0.15) is 5.10 Å². The lowest BCUT2D eigenvalue weighted by molar-refractivity contribution is 0.334. The van der Waals surface area contributed by atoms with E-state index in [-0.39, 0.29) is 5.54 Å². The predicted octanol–water partition coefficient (Wildman–Crippen LogP) is 3.14. The molecule has 0 fully saturated rings. The third kappa shape index (κ3) is 2.77. The van der Waals surface area contributed by atoms with Crippen LogP contribution in [0.3, 0.4) is 0 Å². The van der Waals surface area contributed by atoms with E-state index in [1.165, 1.54) is 29.8 Å². The van der Waals surface area contributed by atoms with Crippen LogP contribution in [-0.4, -0.2) is 14.3 Å². The molecule has 4 nitrogen and oxygen atoms in total. The number of nitrogens with one attached hydrogen (secondary N) is 1. The highest BCUT2D eigenvalue weighted by molar-refractivity contribution is 5.26. The first-order chi connectivity index (χ1) is 9.97. The molecule has 1 aliphatic carbocycles. The molecule has 1 aliphatic rings. The van der Waals surface area contributed by atoms with Gasteiger partial charge in [0.1, 0.15) is 0 Å². The molecule has 0 amide bonds. The van der Waals surface area contributed by atoms with E-state index in [9.17, 15) is 0 Å². The number of aryl methyl sites for hydroxylation is 1. The lowest BCUT2D eigenvalue weighted by Gasteiger charge is -2.28. The standard InChI is InChI=1S/C17H26N4/c1-17(2,3)21-16-9-5-8-15(14(16)12-19-21)18-11-13-7-6-10-20(13)4/h6-7,10,12,15,18H,5,8-9,11H2,1-4H3/t15-/m1/s1. The molecule has 1 atom stereocenters. The fourth-order valence-corrected chi connectivity index (χ4v) is 3.25. The van der Waals surface area contributed by atoms with E-state index in [0.29, 0.717) is 6.04 Å². The SMILES string of the molecule is Cn1cccc1CN[C@@H]1CCCc2c1cnn2C(C)(C)C. The van der Waals surface area contributed by atoms with Crippen LogP contribution in [0.15, 0.2) is 24.5 Å². The molecule has 1 N–H and O–H groups in total. The monoisotopic (exact) mass is 286 g/mol. The molecular weight excluding hydrogens is 260 g/mol. The summed E-state index contributed by atoms with van der Waals surface area (Å²) < 4.78 is 4.38. The highest BCUT2D eigenvalue weighted by atomic mass is 15.3. The first kappa shape index (κ1) is 14.4. The Kier molecular flexibility index (Phi) is 3.66. The van der Waals surface area contributed by atoms with Gasteiger partial charge in [-0.05, 0) is 52.2 Å². The fraction of sp³-hybridized carbons (Fsp3) is 0.588. The summed E-state index contributed by atoms with van der Waals surface area (Å²) in [5.41, 5.74) is 4.20. The van der Waals surface area contributed by atoms with Gasteiger partial charge in [0, 0.05) is 42.8 Å². The van der Waals surface area contributed by atoms with Gasteiger partial charge < -0.3 is 9.88 Å². The molecule has 0 saturated carbocycles. The van der Waals surface area contributed by atoms with Crippen molar-refractivity contribution in [2.75, 3.05) is 0 Å². The summed E-state index contributed by atoms with van der Waals surface area (Å²) in [6.07, 6.45) is 7.76. The van der Waals surface area contributed by atoms with Gasteiger partial charge in [0.2, 0.25) is 0 Å². The van der Waals surface area contributed by atoms with Crippen molar-refractivity contribution < 1.29 is 0 Å². The number of nitrogens with zero attached hydrogens (tertiary/aromatic N) is 3. The van der Waals surface area contributed by atoms with E-state index >= 15 is 0 Å². The average molecular weight is 286 g/mol. The number of aromatic nitrogens is 3. The van der Waals surface area contributed by atoms with E-state index in [4.69, 9.17) is 0 Å². The van der Waals surface area contributed by atoms with Crippen molar-refractivity contribution in [2.45, 2.75) is 58.2 Å². The van der Waals surface area contributed by atoms with Crippen molar-refractivity contribution in [2.24, 2.45) is 7.05 Å². The highest BCUT2D eigenvalue weighted by Crippen LogP contribution is 2.32. The van der Waals surface area contributed by atoms with Crippen molar-refractivity contribution in [1.82, 2.24) is 19.7 Å². The van der Waals surface area contributed by atoms with Crippen molar-refractivity contribution in [3.05, 3.63) is 41.5 Å².